The standard InChI is InChI=1S/C30H29NO5S/c1-20(2)31(25-14-12-21(13-15-25)27-9-6-16-36-27)19-23-7-3-4-10-28(23)37(34,35)29-11-5-8-22-17-24(30(32)33)18-26(22)29/h3-16,20,24H,17-19H2,1-2H3,(H,32,33)/t24-/m0/s1/i20D. The fourth-order valence-corrected chi connectivity index (χ4v) is 6.75. The van der Waals surface area contributed by atoms with E-state index in [2.05, 4.69) is 0 Å². The number of hydrogen-bond donors (Lipinski definition) is 1. The van der Waals surface area contributed by atoms with Crippen molar-refractivity contribution in [3.8, 4) is 11.3 Å². The van der Waals surface area contributed by atoms with Crippen LogP contribution in [-0.2, 0) is 34.0 Å². The van der Waals surface area contributed by atoms with Crippen molar-refractivity contribution in [1.29, 1.82) is 0 Å². The summed E-state index contributed by atoms with van der Waals surface area (Å²) in [6.07, 6.45) is 2.13. The number of sulfone groups is 1. The van der Waals surface area contributed by atoms with Gasteiger partial charge in [0.15, 0.2) is 0 Å². The molecule has 0 aliphatic heterocycles. The van der Waals surface area contributed by atoms with Gasteiger partial charge in [-0.1, -0.05) is 30.3 Å². The van der Waals surface area contributed by atoms with E-state index in [-0.39, 0.29) is 22.8 Å². The Morgan fingerprint density at radius 2 is 1.73 bits per heavy atom. The number of carboxylic acid groups (broad SMARTS) is 1. The maximum atomic E-state index is 14.0. The molecule has 3 aromatic carbocycles. The third-order valence-corrected chi connectivity index (χ3v) is 8.84. The average Bonchev–Trinajstić information content (AvgIpc) is 3.57. The van der Waals surface area contributed by atoms with Crippen LogP contribution in [0.1, 0.15) is 31.9 Å². The van der Waals surface area contributed by atoms with Crippen LogP contribution in [0, 0.1) is 5.92 Å². The maximum absolute atomic E-state index is 14.0. The number of carboxylic acids is 1. The number of hydrogen-bond acceptors (Lipinski definition) is 5. The van der Waals surface area contributed by atoms with Gasteiger partial charge in [-0.25, -0.2) is 8.42 Å². The van der Waals surface area contributed by atoms with Gasteiger partial charge in [-0.05, 0) is 91.9 Å². The summed E-state index contributed by atoms with van der Waals surface area (Å²) in [6.45, 7) is 3.72. The van der Waals surface area contributed by atoms with Gasteiger partial charge in [0.2, 0.25) is 9.84 Å². The smallest absolute Gasteiger partial charge is 0.307 e. The molecule has 0 fully saturated rings. The monoisotopic (exact) mass is 516 g/mol. The lowest BCUT2D eigenvalue weighted by molar-refractivity contribution is -0.141. The molecule has 1 aliphatic rings. The summed E-state index contributed by atoms with van der Waals surface area (Å²) in [5.41, 5.74) is 3.59. The van der Waals surface area contributed by atoms with Gasteiger partial charge in [0.05, 0.1) is 23.3 Å². The van der Waals surface area contributed by atoms with Gasteiger partial charge >= 0.3 is 5.97 Å². The number of rotatable bonds is 8. The predicted octanol–water partition coefficient (Wildman–Crippen LogP) is 5.99. The molecule has 1 N–H and O–H groups in total. The first-order chi connectivity index (χ1) is 18.1. The minimum Gasteiger partial charge on any atom is -0.481 e. The number of aliphatic carboxylic acids is 1. The van der Waals surface area contributed by atoms with E-state index in [1.165, 1.54) is 0 Å². The van der Waals surface area contributed by atoms with Gasteiger partial charge in [0.1, 0.15) is 5.76 Å². The van der Waals surface area contributed by atoms with Crippen LogP contribution >= 0.6 is 0 Å². The number of fused-ring (bicyclic) bond motifs is 1. The normalized spacial score (nSPS) is 15.7. The molecule has 190 valence electrons. The Balaban J connectivity index is 1.52. The lowest BCUT2D eigenvalue weighted by atomic mass is 10.1. The van der Waals surface area contributed by atoms with Crippen molar-refractivity contribution in [3.05, 3.63) is 102 Å². The van der Waals surface area contributed by atoms with E-state index in [4.69, 9.17) is 5.79 Å². The average molecular weight is 517 g/mol. The predicted molar refractivity (Wildman–Crippen MR) is 142 cm³/mol. The second-order valence-electron chi connectivity index (χ2n) is 9.51. The molecule has 0 unspecified atom stereocenters. The number of benzene rings is 3. The topological polar surface area (TPSA) is 87.8 Å². The molecule has 0 radical (unpaired) electrons. The lowest BCUT2D eigenvalue weighted by Crippen LogP contribution is -2.30. The molecule has 1 aliphatic carbocycles. The van der Waals surface area contributed by atoms with E-state index < -0.39 is 27.7 Å². The molecule has 0 spiro atoms. The Bertz CT molecular complexity index is 1570. The van der Waals surface area contributed by atoms with Crippen LogP contribution in [0.15, 0.2) is 99.3 Å². The summed E-state index contributed by atoms with van der Waals surface area (Å²) in [4.78, 5) is 13.8. The van der Waals surface area contributed by atoms with E-state index in [0.29, 0.717) is 17.5 Å². The first-order valence-electron chi connectivity index (χ1n) is 12.6. The van der Waals surface area contributed by atoms with Crippen LogP contribution in [0.25, 0.3) is 11.3 Å². The Labute approximate surface area is 218 Å². The largest absolute Gasteiger partial charge is 0.481 e. The number of anilines is 1. The summed E-state index contributed by atoms with van der Waals surface area (Å²) in [5, 5.41) is 9.52. The van der Waals surface area contributed by atoms with Crippen molar-refractivity contribution >= 4 is 21.5 Å². The van der Waals surface area contributed by atoms with Crippen LogP contribution in [0.5, 0.6) is 0 Å². The highest BCUT2D eigenvalue weighted by atomic mass is 32.2. The third-order valence-electron chi connectivity index (χ3n) is 6.90. The van der Waals surface area contributed by atoms with Crippen LogP contribution < -0.4 is 4.90 Å². The maximum Gasteiger partial charge on any atom is 0.307 e. The summed E-state index contributed by atoms with van der Waals surface area (Å²) >= 11 is 0. The molecule has 0 saturated heterocycles. The van der Waals surface area contributed by atoms with E-state index in [1.807, 2.05) is 41.3 Å². The van der Waals surface area contributed by atoms with Gasteiger partial charge in [0.25, 0.3) is 0 Å². The number of nitrogens with zero attached hydrogens (tertiary/aromatic N) is 1. The molecule has 7 heteroatoms. The van der Waals surface area contributed by atoms with Crippen molar-refractivity contribution < 1.29 is 24.1 Å². The Morgan fingerprint density at radius 3 is 2.41 bits per heavy atom. The molecule has 37 heavy (non-hydrogen) atoms. The number of carbonyl (C=O) groups is 1. The van der Waals surface area contributed by atoms with Crippen molar-refractivity contribution in [2.75, 3.05) is 4.90 Å². The number of furan rings is 1. The minimum atomic E-state index is -3.95. The van der Waals surface area contributed by atoms with E-state index in [9.17, 15) is 18.3 Å². The highest BCUT2D eigenvalue weighted by Crippen LogP contribution is 2.36. The highest BCUT2D eigenvalue weighted by Gasteiger charge is 2.33. The molecule has 0 saturated carbocycles. The minimum absolute atomic E-state index is 0.158. The summed E-state index contributed by atoms with van der Waals surface area (Å²) in [5.74, 6) is -0.804. The first-order valence-corrected chi connectivity index (χ1v) is 13.6. The lowest BCUT2D eigenvalue weighted by Gasteiger charge is -2.30. The molecule has 6 nitrogen and oxygen atoms in total. The molecule has 0 bridgehead atoms. The summed E-state index contributed by atoms with van der Waals surface area (Å²) in [6, 6.07) is 22.2. The second kappa shape index (κ2) is 9.90. The van der Waals surface area contributed by atoms with Gasteiger partial charge in [-0.15, -0.1) is 0 Å². The van der Waals surface area contributed by atoms with Crippen molar-refractivity contribution in [3.63, 3.8) is 0 Å². The summed E-state index contributed by atoms with van der Waals surface area (Å²) in [7, 11) is -3.95. The van der Waals surface area contributed by atoms with Crippen LogP contribution in [0.4, 0.5) is 5.69 Å². The van der Waals surface area contributed by atoms with Crippen LogP contribution in [0.2, 0.25) is 0 Å². The molecular weight excluding hydrogens is 486 g/mol. The van der Waals surface area contributed by atoms with E-state index in [1.54, 1.807) is 62.6 Å². The second-order valence-corrected chi connectivity index (χ2v) is 11.4. The fraction of sp³-hybridized carbons (Fsp3) is 0.233. The van der Waals surface area contributed by atoms with Gasteiger partial charge in [-0.2, -0.15) is 0 Å². The zero-order valence-corrected chi connectivity index (χ0v) is 21.5. The molecular formula is C30H29NO5S. The van der Waals surface area contributed by atoms with Crippen molar-refractivity contribution in [2.24, 2.45) is 5.92 Å². The third kappa shape index (κ3) is 4.79. The highest BCUT2D eigenvalue weighted by molar-refractivity contribution is 7.91. The summed E-state index contributed by atoms with van der Waals surface area (Å²) < 4.78 is 42.3. The Hall–Kier alpha value is -3.84. The van der Waals surface area contributed by atoms with Crippen molar-refractivity contribution in [1.82, 2.24) is 0 Å². The molecule has 4 aromatic rings. The zero-order valence-electron chi connectivity index (χ0n) is 21.7. The Morgan fingerprint density at radius 1 is 1.00 bits per heavy atom. The first kappa shape index (κ1) is 23.6. The van der Waals surface area contributed by atoms with Gasteiger partial charge in [0, 0.05) is 23.8 Å². The molecule has 0 amide bonds. The van der Waals surface area contributed by atoms with Crippen LogP contribution in [0.3, 0.4) is 0 Å². The van der Waals surface area contributed by atoms with Crippen molar-refractivity contribution in [2.45, 2.75) is 49.0 Å². The van der Waals surface area contributed by atoms with E-state index in [0.717, 1.165) is 22.6 Å². The SMILES string of the molecule is [2H]C(C)(C)N(Cc1ccccc1S(=O)(=O)c1cccc2c1C[C@@H](C(=O)O)C2)c1ccc(-c2ccco2)cc1. The molecule has 1 atom stereocenters. The molecule has 5 rings (SSSR count). The van der Waals surface area contributed by atoms with Gasteiger partial charge < -0.3 is 14.4 Å². The van der Waals surface area contributed by atoms with Crippen LogP contribution in [-0.4, -0.2) is 25.5 Å². The molecule has 1 heterocycles. The Kier molecular flexibility index (Phi) is 6.30. The molecule has 1 aromatic heterocycles. The van der Waals surface area contributed by atoms with E-state index >= 15 is 0 Å². The fourth-order valence-electron chi connectivity index (χ4n) is 4.99. The van der Waals surface area contributed by atoms with Gasteiger partial charge in [-0.3, -0.25) is 4.79 Å². The quantitative estimate of drug-likeness (QED) is 0.309. The zero-order chi connectivity index (χ0) is 27.1.